The first-order chi connectivity index (χ1) is 9.90. The van der Waals surface area contributed by atoms with Gasteiger partial charge in [0, 0.05) is 5.56 Å². The van der Waals surface area contributed by atoms with E-state index < -0.39 is 0 Å². The van der Waals surface area contributed by atoms with Crippen LogP contribution in [0, 0.1) is 4.91 Å². The summed E-state index contributed by atoms with van der Waals surface area (Å²) in [4.78, 5) is 11.0. The van der Waals surface area contributed by atoms with Gasteiger partial charge in [-0.3, -0.25) is 0 Å². The lowest BCUT2D eigenvalue weighted by Gasteiger charge is -2.21. The lowest BCUT2D eigenvalue weighted by molar-refractivity contribution is 0.753. The van der Waals surface area contributed by atoms with Gasteiger partial charge in [0.05, 0.1) is 0 Å². The zero-order valence-corrected chi connectivity index (χ0v) is 11.4. The van der Waals surface area contributed by atoms with E-state index in [4.69, 9.17) is 0 Å². The molecule has 0 aromatic heterocycles. The third-order valence-corrected chi connectivity index (χ3v) is 3.92. The topological polar surface area (TPSA) is 29.4 Å². The molecule has 3 rings (SSSR count). The molecule has 1 aliphatic carbocycles. The van der Waals surface area contributed by atoms with E-state index in [1.807, 2.05) is 24.3 Å². The first-order valence-electron chi connectivity index (χ1n) is 7.10. The molecule has 2 heteroatoms. The zero-order chi connectivity index (χ0) is 13.8. The summed E-state index contributed by atoms with van der Waals surface area (Å²) in [6.45, 7) is 0. The van der Waals surface area contributed by atoms with Crippen molar-refractivity contribution in [3.8, 4) is 0 Å². The van der Waals surface area contributed by atoms with Gasteiger partial charge in [-0.2, -0.15) is 0 Å². The van der Waals surface area contributed by atoms with E-state index >= 15 is 0 Å². The maximum Gasteiger partial charge on any atom is 0.115 e. The molecule has 0 fully saturated rings. The quantitative estimate of drug-likeness (QED) is 0.666. The van der Waals surface area contributed by atoms with Crippen molar-refractivity contribution in [2.75, 3.05) is 0 Å². The number of allylic oxidation sites excluding steroid dienone is 2. The first kappa shape index (κ1) is 12.8. The monoisotopic (exact) mass is 263 g/mol. The Hall–Kier alpha value is -2.22. The van der Waals surface area contributed by atoms with Crippen LogP contribution < -0.4 is 0 Å². The van der Waals surface area contributed by atoms with E-state index in [0.29, 0.717) is 5.69 Å². The van der Waals surface area contributed by atoms with Gasteiger partial charge in [0.2, 0.25) is 0 Å². The van der Waals surface area contributed by atoms with E-state index in [-0.39, 0.29) is 0 Å². The van der Waals surface area contributed by atoms with E-state index in [1.54, 1.807) is 6.07 Å². The van der Waals surface area contributed by atoms with Crippen LogP contribution in [0.3, 0.4) is 0 Å². The summed E-state index contributed by atoms with van der Waals surface area (Å²) in [5.74, 6) is 0. The average Bonchev–Trinajstić information content (AvgIpc) is 2.55. The second-order valence-corrected chi connectivity index (χ2v) is 5.14. The molecule has 2 aromatic carbocycles. The predicted molar refractivity (Wildman–Crippen MR) is 83.6 cm³/mol. The summed E-state index contributed by atoms with van der Waals surface area (Å²) in [6.07, 6.45) is 4.49. The molecule has 0 heterocycles. The van der Waals surface area contributed by atoms with Crippen LogP contribution in [0.2, 0.25) is 0 Å². The average molecular weight is 263 g/mol. The van der Waals surface area contributed by atoms with Gasteiger partial charge in [0.25, 0.3) is 0 Å². The predicted octanol–water partition coefficient (Wildman–Crippen LogP) is 5.57. The van der Waals surface area contributed by atoms with Gasteiger partial charge in [0.1, 0.15) is 5.69 Å². The number of rotatable bonds is 3. The molecule has 0 aliphatic heterocycles. The lowest BCUT2D eigenvalue weighted by Crippen LogP contribution is -1.99. The van der Waals surface area contributed by atoms with Crippen LogP contribution in [-0.4, -0.2) is 0 Å². The van der Waals surface area contributed by atoms with E-state index in [9.17, 15) is 4.91 Å². The van der Waals surface area contributed by atoms with E-state index in [2.05, 4.69) is 29.4 Å². The van der Waals surface area contributed by atoms with E-state index in [1.165, 1.54) is 29.6 Å². The molecule has 0 unspecified atom stereocenters. The molecular weight excluding hydrogens is 246 g/mol. The van der Waals surface area contributed by atoms with Crippen LogP contribution in [0.15, 0.2) is 59.8 Å². The molecule has 100 valence electrons. The highest BCUT2D eigenvalue weighted by Crippen LogP contribution is 2.40. The van der Waals surface area contributed by atoms with Crippen LogP contribution in [0.1, 0.15) is 36.8 Å². The van der Waals surface area contributed by atoms with Crippen LogP contribution in [0.4, 0.5) is 5.69 Å². The first-order valence-corrected chi connectivity index (χ1v) is 7.10. The maximum atomic E-state index is 11.0. The highest BCUT2D eigenvalue weighted by molar-refractivity contribution is 5.94. The number of nitroso groups, excluding NO2 is 1. The molecule has 1 aliphatic rings. The standard InChI is InChI=1S/C18H17NO/c20-19-18-13-7-6-12-17(18)16-11-5-4-10-15(16)14-8-2-1-3-9-14/h1-3,6-9,12-13H,4-5,10-11H2. The van der Waals surface area contributed by atoms with Crippen molar-refractivity contribution in [3.05, 3.63) is 70.6 Å². The molecule has 0 bridgehead atoms. The van der Waals surface area contributed by atoms with Crippen molar-refractivity contribution < 1.29 is 0 Å². The summed E-state index contributed by atoms with van der Waals surface area (Å²) in [6, 6.07) is 18.1. The van der Waals surface area contributed by atoms with Gasteiger partial charge in [-0.1, -0.05) is 48.5 Å². The molecule has 0 radical (unpaired) electrons. The van der Waals surface area contributed by atoms with Crippen LogP contribution in [0.5, 0.6) is 0 Å². The number of benzene rings is 2. The smallest absolute Gasteiger partial charge is 0.115 e. The summed E-state index contributed by atoms with van der Waals surface area (Å²) in [5.41, 5.74) is 5.48. The summed E-state index contributed by atoms with van der Waals surface area (Å²) >= 11 is 0. The highest BCUT2D eigenvalue weighted by atomic mass is 16.3. The maximum absolute atomic E-state index is 11.0. The minimum atomic E-state index is 0.554. The third kappa shape index (κ3) is 2.42. The molecule has 0 saturated carbocycles. The Kier molecular flexibility index (Phi) is 3.73. The van der Waals surface area contributed by atoms with Crippen molar-refractivity contribution >= 4 is 16.8 Å². The van der Waals surface area contributed by atoms with Gasteiger partial charge in [-0.05, 0) is 53.6 Å². The van der Waals surface area contributed by atoms with E-state index in [0.717, 1.165) is 18.4 Å². The second kappa shape index (κ2) is 5.83. The third-order valence-electron chi connectivity index (χ3n) is 3.92. The molecule has 0 amide bonds. The Morgan fingerprint density at radius 2 is 1.40 bits per heavy atom. The minimum Gasteiger partial charge on any atom is -0.145 e. The fourth-order valence-corrected chi connectivity index (χ4v) is 2.97. The molecule has 2 aromatic rings. The SMILES string of the molecule is O=Nc1ccccc1C1=C(c2ccccc2)CCCC1. The Bertz CT molecular complexity index is 643. The minimum absolute atomic E-state index is 0.554. The number of hydrogen-bond acceptors (Lipinski definition) is 2. The molecule has 20 heavy (non-hydrogen) atoms. The Morgan fingerprint density at radius 1 is 0.750 bits per heavy atom. The molecule has 0 spiro atoms. The van der Waals surface area contributed by atoms with Crippen LogP contribution in [0.25, 0.3) is 11.1 Å². The zero-order valence-electron chi connectivity index (χ0n) is 11.4. The molecule has 0 N–H and O–H groups in total. The Labute approximate surface area is 119 Å². The van der Waals surface area contributed by atoms with Crippen molar-refractivity contribution in [1.82, 2.24) is 0 Å². The van der Waals surface area contributed by atoms with Gasteiger partial charge in [-0.15, -0.1) is 4.91 Å². The highest BCUT2D eigenvalue weighted by Gasteiger charge is 2.18. The van der Waals surface area contributed by atoms with Gasteiger partial charge >= 0.3 is 0 Å². The molecule has 2 nitrogen and oxygen atoms in total. The van der Waals surface area contributed by atoms with Crippen molar-refractivity contribution in [1.29, 1.82) is 0 Å². The molecule has 0 atom stereocenters. The molecular formula is C18H17NO. The Balaban J connectivity index is 2.17. The van der Waals surface area contributed by atoms with Crippen LogP contribution in [-0.2, 0) is 0 Å². The number of hydrogen-bond donors (Lipinski definition) is 0. The normalized spacial score (nSPS) is 15.2. The van der Waals surface area contributed by atoms with Gasteiger partial charge in [0.15, 0.2) is 0 Å². The summed E-state index contributed by atoms with van der Waals surface area (Å²) in [5, 5.41) is 3.19. The second-order valence-electron chi connectivity index (χ2n) is 5.14. The van der Waals surface area contributed by atoms with Crippen molar-refractivity contribution in [2.24, 2.45) is 5.18 Å². The lowest BCUT2D eigenvalue weighted by atomic mass is 9.83. The fraction of sp³-hybridized carbons (Fsp3) is 0.222. The van der Waals surface area contributed by atoms with Crippen LogP contribution >= 0.6 is 0 Å². The van der Waals surface area contributed by atoms with Crippen molar-refractivity contribution in [3.63, 3.8) is 0 Å². The van der Waals surface area contributed by atoms with Crippen molar-refractivity contribution in [2.45, 2.75) is 25.7 Å². The molecule has 0 saturated heterocycles. The van der Waals surface area contributed by atoms with Gasteiger partial charge < -0.3 is 0 Å². The summed E-state index contributed by atoms with van der Waals surface area (Å²) < 4.78 is 0. The summed E-state index contributed by atoms with van der Waals surface area (Å²) in [7, 11) is 0. The van der Waals surface area contributed by atoms with Gasteiger partial charge in [-0.25, -0.2) is 0 Å². The fourth-order valence-electron chi connectivity index (χ4n) is 2.97. The Morgan fingerprint density at radius 3 is 2.15 bits per heavy atom. The number of nitrogens with zero attached hydrogens (tertiary/aromatic N) is 1. The largest absolute Gasteiger partial charge is 0.145 e.